The Hall–Kier alpha value is -0.0800. The van der Waals surface area contributed by atoms with E-state index in [-0.39, 0.29) is 0 Å². The zero-order valence-corrected chi connectivity index (χ0v) is 10.7. The molecule has 0 radical (unpaired) electrons. The number of ether oxygens (including phenoxy) is 1. The summed E-state index contributed by atoms with van der Waals surface area (Å²) in [5.41, 5.74) is 0. The van der Waals surface area contributed by atoms with E-state index in [0.29, 0.717) is 0 Å². The largest absolute Gasteiger partial charge is 0.381 e. The first kappa shape index (κ1) is 12.4. The molecule has 3 unspecified atom stereocenters. The van der Waals surface area contributed by atoms with Crippen LogP contribution < -0.4 is 5.32 Å². The van der Waals surface area contributed by atoms with Gasteiger partial charge in [0.2, 0.25) is 0 Å². The lowest BCUT2D eigenvalue weighted by Gasteiger charge is -2.39. The summed E-state index contributed by atoms with van der Waals surface area (Å²) < 4.78 is 5.66. The van der Waals surface area contributed by atoms with E-state index < -0.39 is 0 Å². The minimum atomic E-state index is 0.778. The summed E-state index contributed by atoms with van der Waals surface area (Å²) in [5, 5.41) is 3.76. The third-order valence-corrected chi connectivity index (χ3v) is 4.28. The highest BCUT2D eigenvalue weighted by Crippen LogP contribution is 2.34. The van der Waals surface area contributed by atoms with E-state index in [1.807, 2.05) is 0 Å². The van der Waals surface area contributed by atoms with Crippen LogP contribution in [0, 0.1) is 11.8 Å². The molecule has 0 aromatic rings. The molecular weight excluding hydrogens is 198 g/mol. The van der Waals surface area contributed by atoms with Crippen molar-refractivity contribution < 1.29 is 4.74 Å². The molecule has 0 spiro atoms. The highest BCUT2D eigenvalue weighted by Gasteiger charge is 2.32. The van der Waals surface area contributed by atoms with Gasteiger partial charge in [-0.1, -0.05) is 19.8 Å². The molecule has 0 aromatic heterocycles. The third kappa shape index (κ3) is 3.21. The van der Waals surface area contributed by atoms with Gasteiger partial charge in [0.15, 0.2) is 0 Å². The molecule has 1 saturated carbocycles. The molecule has 2 nitrogen and oxygen atoms in total. The molecule has 0 aromatic carbocycles. The SMILES string of the molecule is CCCNC1CCCCC1C1CCCOC1. The lowest BCUT2D eigenvalue weighted by molar-refractivity contribution is 0.0131. The van der Waals surface area contributed by atoms with Crippen LogP contribution in [0.15, 0.2) is 0 Å². The van der Waals surface area contributed by atoms with Gasteiger partial charge in [0, 0.05) is 19.3 Å². The number of nitrogens with one attached hydrogen (secondary N) is 1. The number of rotatable bonds is 4. The fraction of sp³-hybridized carbons (Fsp3) is 1.00. The Balaban J connectivity index is 1.86. The van der Waals surface area contributed by atoms with E-state index in [9.17, 15) is 0 Å². The Labute approximate surface area is 100 Å². The first-order valence-corrected chi connectivity index (χ1v) is 7.23. The minimum Gasteiger partial charge on any atom is -0.381 e. The van der Waals surface area contributed by atoms with Crippen molar-refractivity contribution >= 4 is 0 Å². The second-order valence-electron chi connectivity index (χ2n) is 5.49. The highest BCUT2D eigenvalue weighted by atomic mass is 16.5. The summed E-state index contributed by atoms with van der Waals surface area (Å²) in [4.78, 5) is 0. The van der Waals surface area contributed by atoms with Crippen LogP contribution in [0.1, 0.15) is 51.9 Å². The van der Waals surface area contributed by atoms with Gasteiger partial charge in [0.1, 0.15) is 0 Å². The molecule has 1 heterocycles. The third-order valence-electron chi connectivity index (χ3n) is 4.28. The van der Waals surface area contributed by atoms with Crippen LogP contribution in [0.3, 0.4) is 0 Å². The van der Waals surface area contributed by atoms with Gasteiger partial charge in [-0.2, -0.15) is 0 Å². The van der Waals surface area contributed by atoms with Gasteiger partial charge in [-0.3, -0.25) is 0 Å². The van der Waals surface area contributed by atoms with Crippen molar-refractivity contribution in [3.63, 3.8) is 0 Å². The van der Waals surface area contributed by atoms with Crippen LogP contribution in [0.4, 0.5) is 0 Å². The fourth-order valence-corrected chi connectivity index (χ4v) is 3.41. The molecule has 2 rings (SSSR count). The van der Waals surface area contributed by atoms with Gasteiger partial charge in [0.25, 0.3) is 0 Å². The maximum atomic E-state index is 5.66. The molecule has 94 valence electrons. The van der Waals surface area contributed by atoms with Gasteiger partial charge in [-0.15, -0.1) is 0 Å². The molecule has 16 heavy (non-hydrogen) atoms. The van der Waals surface area contributed by atoms with E-state index in [0.717, 1.165) is 31.1 Å². The maximum absolute atomic E-state index is 5.66. The van der Waals surface area contributed by atoms with Gasteiger partial charge in [-0.05, 0) is 50.5 Å². The van der Waals surface area contributed by atoms with Crippen LogP contribution in [-0.4, -0.2) is 25.8 Å². The smallest absolute Gasteiger partial charge is 0.0497 e. The van der Waals surface area contributed by atoms with Crippen molar-refractivity contribution in [1.29, 1.82) is 0 Å². The quantitative estimate of drug-likeness (QED) is 0.794. The number of hydrogen-bond acceptors (Lipinski definition) is 2. The number of hydrogen-bond donors (Lipinski definition) is 1. The molecule has 1 aliphatic heterocycles. The van der Waals surface area contributed by atoms with Gasteiger partial charge in [-0.25, -0.2) is 0 Å². The van der Waals surface area contributed by atoms with Crippen molar-refractivity contribution in [3.05, 3.63) is 0 Å². The minimum absolute atomic E-state index is 0.778. The zero-order valence-electron chi connectivity index (χ0n) is 10.7. The standard InChI is InChI=1S/C14H27NO/c1-2-9-15-14-8-4-3-7-13(14)12-6-5-10-16-11-12/h12-15H,2-11H2,1H3. The first-order chi connectivity index (χ1) is 7.92. The summed E-state index contributed by atoms with van der Waals surface area (Å²) in [6, 6.07) is 0.778. The average Bonchev–Trinajstić information content (AvgIpc) is 2.38. The summed E-state index contributed by atoms with van der Waals surface area (Å²) in [5.74, 6) is 1.73. The maximum Gasteiger partial charge on any atom is 0.0497 e. The second-order valence-corrected chi connectivity index (χ2v) is 5.49. The van der Waals surface area contributed by atoms with E-state index in [1.54, 1.807) is 0 Å². The highest BCUT2D eigenvalue weighted by molar-refractivity contribution is 4.86. The van der Waals surface area contributed by atoms with Crippen LogP contribution >= 0.6 is 0 Å². The molecule has 1 N–H and O–H groups in total. The van der Waals surface area contributed by atoms with E-state index in [1.165, 1.54) is 51.5 Å². The lowest BCUT2D eigenvalue weighted by atomic mass is 9.74. The summed E-state index contributed by atoms with van der Waals surface area (Å²) in [6.07, 6.45) is 9.61. The molecule has 2 heteroatoms. The van der Waals surface area contributed by atoms with Crippen molar-refractivity contribution in [2.75, 3.05) is 19.8 Å². The van der Waals surface area contributed by atoms with Crippen LogP contribution in [-0.2, 0) is 4.74 Å². The molecule has 2 aliphatic rings. The monoisotopic (exact) mass is 225 g/mol. The second kappa shape index (κ2) is 6.61. The Morgan fingerprint density at radius 2 is 2.00 bits per heavy atom. The van der Waals surface area contributed by atoms with Crippen LogP contribution in [0.2, 0.25) is 0 Å². The molecule has 0 amide bonds. The molecule has 0 bridgehead atoms. The molecular formula is C14H27NO. The van der Waals surface area contributed by atoms with Crippen molar-refractivity contribution in [2.24, 2.45) is 11.8 Å². The summed E-state index contributed by atoms with van der Waals surface area (Å²) in [6.45, 7) is 5.47. The summed E-state index contributed by atoms with van der Waals surface area (Å²) >= 11 is 0. The zero-order chi connectivity index (χ0) is 11.2. The van der Waals surface area contributed by atoms with Gasteiger partial charge < -0.3 is 10.1 Å². The molecule has 1 saturated heterocycles. The van der Waals surface area contributed by atoms with Gasteiger partial charge in [0.05, 0.1) is 0 Å². The Bertz CT molecular complexity index is 189. The van der Waals surface area contributed by atoms with E-state index >= 15 is 0 Å². The fourth-order valence-electron chi connectivity index (χ4n) is 3.41. The Kier molecular flexibility index (Phi) is 5.11. The predicted molar refractivity (Wildman–Crippen MR) is 67.6 cm³/mol. The Morgan fingerprint density at radius 3 is 2.75 bits per heavy atom. The van der Waals surface area contributed by atoms with Gasteiger partial charge >= 0.3 is 0 Å². The normalized spacial score (nSPS) is 36.2. The first-order valence-electron chi connectivity index (χ1n) is 7.23. The van der Waals surface area contributed by atoms with Crippen LogP contribution in [0.5, 0.6) is 0 Å². The van der Waals surface area contributed by atoms with E-state index in [2.05, 4.69) is 12.2 Å². The molecule has 2 fully saturated rings. The average molecular weight is 225 g/mol. The predicted octanol–water partition coefficient (Wildman–Crippen LogP) is 2.97. The topological polar surface area (TPSA) is 21.3 Å². The lowest BCUT2D eigenvalue weighted by Crippen LogP contribution is -2.44. The van der Waals surface area contributed by atoms with E-state index in [4.69, 9.17) is 4.74 Å². The molecule has 1 aliphatic carbocycles. The Morgan fingerprint density at radius 1 is 1.12 bits per heavy atom. The van der Waals surface area contributed by atoms with Crippen molar-refractivity contribution in [3.8, 4) is 0 Å². The van der Waals surface area contributed by atoms with Crippen molar-refractivity contribution in [2.45, 2.75) is 57.9 Å². The summed E-state index contributed by atoms with van der Waals surface area (Å²) in [7, 11) is 0. The van der Waals surface area contributed by atoms with Crippen molar-refractivity contribution in [1.82, 2.24) is 5.32 Å². The van der Waals surface area contributed by atoms with Crippen LogP contribution in [0.25, 0.3) is 0 Å². The molecule has 3 atom stereocenters.